The van der Waals surface area contributed by atoms with Gasteiger partial charge in [-0.2, -0.15) is 18.4 Å². The minimum absolute atomic E-state index is 0.0177. The van der Waals surface area contributed by atoms with Crippen LogP contribution in [-0.4, -0.2) is 29.5 Å². The Morgan fingerprint density at radius 1 is 1.21 bits per heavy atom. The maximum atomic E-state index is 13.3. The lowest BCUT2D eigenvalue weighted by Crippen LogP contribution is -2.26. The van der Waals surface area contributed by atoms with Crippen molar-refractivity contribution in [1.29, 1.82) is 5.26 Å². The van der Waals surface area contributed by atoms with Crippen molar-refractivity contribution < 1.29 is 26.4 Å². The largest absolute Gasteiger partial charge is 0.417 e. The second-order valence-electron chi connectivity index (χ2n) is 8.24. The highest BCUT2D eigenvalue weighted by Crippen LogP contribution is 2.48. The van der Waals surface area contributed by atoms with Crippen LogP contribution in [0.4, 0.5) is 19.0 Å². The minimum atomic E-state index is -4.68. The number of anilines is 1. The first-order valence-electron chi connectivity index (χ1n) is 10.2. The van der Waals surface area contributed by atoms with Crippen LogP contribution in [0.25, 0.3) is 5.65 Å². The normalized spacial score (nSPS) is 17.3. The van der Waals surface area contributed by atoms with Gasteiger partial charge in [-0.05, 0) is 42.2 Å². The maximum Gasteiger partial charge on any atom is 0.417 e. The van der Waals surface area contributed by atoms with Crippen LogP contribution in [-0.2, 0) is 28.0 Å². The Morgan fingerprint density at radius 3 is 2.55 bits per heavy atom. The highest BCUT2D eigenvalue weighted by Gasteiger charge is 2.46. The number of pyridine rings is 1. The highest BCUT2D eigenvalue weighted by atomic mass is 32.2. The summed E-state index contributed by atoms with van der Waals surface area (Å²) in [4.78, 5) is 18.7. The summed E-state index contributed by atoms with van der Waals surface area (Å²) in [5.41, 5.74) is 0.0445. The molecule has 1 aliphatic carbocycles. The van der Waals surface area contributed by atoms with Crippen molar-refractivity contribution in [1.82, 2.24) is 9.38 Å². The Hall–Kier alpha value is -3.39. The molecule has 5 rings (SSSR count). The Bertz CT molecular complexity index is 1480. The number of aromatic nitrogens is 2. The van der Waals surface area contributed by atoms with E-state index in [2.05, 4.69) is 11.1 Å². The number of imidazole rings is 1. The maximum absolute atomic E-state index is 13.3. The summed E-state index contributed by atoms with van der Waals surface area (Å²) in [7, 11) is -4.05. The first kappa shape index (κ1) is 21.5. The molecule has 1 saturated carbocycles. The Morgan fingerprint density at radius 2 is 1.94 bits per heavy atom. The number of rotatable bonds is 4. The van der Waals surface area contributed by atoms with E-state index in [9.17, 15) is 31.6 Å². The minimum Gasteiger partial charge on any atom is -0.288 e. The fraction of sp³-hybridized carbons (Fsp3) is 0.318. The van der Waals surface area contributed by atoms with Gasteiger partial charge in [-0.15, -0.1) is 0 Å². The van der Waals surface area contributed by atoms with Gasteiger partial charge in [-0.25, -0.2) is 13.4 Å². The van der Waals surface area contributed by atoms with Gasteiger partial charge in [0.2, 0.25) is 0 Å². The first-order valence-corrected chi connectivity index (χ1v) is 11.8. The quantitative estimate of drug-likeness (QED) is 0.572. The van der Waals surface area contributed by atoms with Crippen LogP contribution in [0.1, 0.15) is 46.8 Å². The molecule has 170 valence electrons. The third-order valence-corrected chi connectivity index (χ3v) is 7.97. The summed E-state index contributed by atoms with van der Waals surface area (Å²) in [6.07, 6.45) is -2.59. The van der Waals surface area contributed by atoms with Gasteiger partial charge < -0.3 is 0 Å². The molecule has 2 aromatic heterocycles. The molecule has 3 heterocycles. The second kappa shape index (κ2) is 6.81. The predicted octanol–water partition coefficient (Wildman–Crippen LogP) is 3.86. The van der Waals surface area contributed by atoms with Crippen LogP contribution >= 0.6 is 0 Å². The van der Waals surface area contributed by atoms with Crippen molar-refractivity contribution in [3.63, 3.8) is 0 Å². The zero-order chi connectivity index (χ0) is 23.8. The standard InChI is InChI=1S/C22H17F3N4O3S/c1-2-33(31,32)20-18(27-17-6-5-15(11-28(17)20)22(23,24)25)29-10-13-3-4-14(9-16(13)19(29)30)21(12-26)7-8-21/h3-6,9,11H,2,7-8,10H2,1H3. The van der Waals surface area contributed by atoms with Crippen molar-refractivity contribution >= 4 is 27.2 Å². The lowest BCUT2D eigenvalue weighted by molar-refractivity contribution is -0.137. The zero-order valence-electron chi connectivity index (χ0n) is 17.3. The molecule has 0 unspecified atom stereocenters. The number of fused-ring (bicyclic) bond motifs is 2. The Labute approximate surface area is 187 Å². The summed E-state index contributed by atoms with van der Waals surface area (Å²) >= 11 is 0. The van der Waals surface area contributed by atoms with Gasteiger partial charge in [-0.3, -0.25) is 14.1 Å². The van der Waals surface area contributed by atoms with E-state index in [4.69, 9.17) is 0 Å². The molecule has 33 heavy (non-hydrogen) atoms. The van der Waals surface area contributed by atoms with E-state index in [1.54, 1.807) is 18.2 Å². The molecule has 0 radical (unpaired) electrons. The molecule has 0 N–H and O–H groups in total. The molecule has 0 saturated heterocycles. The van der Waals surface area contributed by atoms with Gasteiger partial charge in [0, 0.05) is 11.8 Å². The number of sulfone groups is 1. The van der Waals surface area contributed by atoms with Gasteiger partial charge in [0.05, 0.1) is 29.3 Å². The van der Waals surface area contributed by atoms with E-state index in [-0.39, 0.29) is 23.8 Å². The molecule has 0 atom stereocenters. The number of nitriles is 1. The third kappa shape index (κ3) is 3.20. The van der Waals surface area contributed by atoms with Crippen molar-refractivity contribution in [2.24, 2.45) is 0 Å². The Kier molecular flexibility index (Phi) is 4.42. The molecule has 1 aromatic carbocycles. The first-order chi connectivity index (χ1) is 15.5. The second-order valence-corrected chi connectivity index (χ2v) is 10.4. The van der Waals surface area contributed by atoms with Gasteiger partial charge in [0.15, 0.2) is 20.7 Å². The topological polar surface area (TPSA) is 95.5 Å². The third-order valence-electron chi connectivity index (χ3n) is 6.25. The molecular formula is C22H17F3N4O3S. The molecule has 2 aliphatic rings. The van der Waals surface area contributed by atoms with Crippen molar-refractivity contribution in [3.05, 3.63) is 58.8 Å². The molecule has 1 aliphatic heterocycles. The van der Waals surface area contributed by atoms with Crippen molar-refractivity contribution in [3.8, 4) is 6.07 Å². The molecule has 1 amide bonds. The number of amides is 1. The van der Waals surface area contributed by atoms with Crippen LogP contribution in [0.3, 0.4) is 0 Å². The molecule has 3 aromatic rings. The molecule has 0 bridgehead atoms. The van der Waals surface area contributed by atoms with Crippen LogP contribution in [0.5, 0.6) is 0 Å². The van der Waals surface area contributed by atoms with Gasteiger partial charge in [-0.1, -0.05) is 19.1 Å². The number of alkyl halides is 3. The van der Waals surface area contributed by atoms with Crippen LogP contribution in [0, 0.1) is 11.3 Å². The smallest absolute Gasteiger partial charge is 0.288 e. The predicted molar refractivity (Wildman–Crippen MR) is 111 cm³/mol. The van der Waals surface area contributed by atoms with Crippen molar-refractivity contribution in [2.75, 3.05) is 10.7 Å². The number of carbonyl (C=O) groups excluding carboxylic acids is 1. The number of benzene rings is 1. The number of carbonyl (C=O) groups is 1. The number of hydrogen-bond acceptors (Lipinski definition) is 5. The number of nitrogens with zero attached hydrogens (tertiary/aromatic N) is 4. The summed E-state index contributed by atoms with van der Waals surface area (Å²) < 4.78 is 66.5. The van der Waals surface area contributed by atoms with Gasteiger partial charge in [0.25, 0.3) is 5.91 Å². The summed E-state index contributed by atoms with van der Waals surface area (Å²) in [6, 6.07) is 9.34. The van der Waals surface area contributed by atoms with Crippen LogP contribution in [0.15, 0.2) is 41.6 Å². The van der Waals surface area contributed by atoms with E-state index in [0.717, 1.165) is 22.1 Å². The van der Waals surface area contributed by atoms with Gasteiger partial charge >= 0.3 is 6.18 Å². The van der Waals surface area contributed by atoms with E-state index in [1.165, 1.54) is 11.8 Å². The average molecular weight is 474 g/mol. The van der Waals surface area contributed by atoms with Crippen LogP contribution in [0.2, 0.25) is 0 Å². The number of hydrogen-bond donors (Lipinski definition) is 0. The van der Waals surface area contributed by atoms with E-state index >= 15 is 0 Å². The van der Waals surface area contributed by atoms with E-state index in [1.807, 2.05) is 0 Å². The molecule has 7 nitrogen and oxygen atoms in total. The zero-order valence-corrected chi connectivity index (χ0v) is 18.2. The molecule has 11 heteroatoms. The van der Waals surface area contributed by atoms with E-state index < -0.39 is 37.9 Å². The fourth-order valence-electron chi connectivity index (χ4n) is 4.14. The van der Waals surface area contributed by atoms with Crippen molar-refractivity contribution in [2.45, 2.75) is 42.9 Å². The Balaban J connectivity index is 1.66. The van der Waals surface area contributed by atoms with Crippen LogP contribution < -0.4 is 4.90 Å². The molecule has 1 fully saturated rings. The molecular weight excluding hydrogens is 457 g/mol. The summed E-state index contributed by atoms with van der Waals surface area (Å²) in [5.74, 6) is -1.10. The summed E-state index contributed by atoms with van der Waals surface area (Å²) in [6.45, 7) is 1.40. The SMILES string of the molecule is CCS(=O)(=O)c1c(N2Cc3ccc(C4(C#N)CC4)cc3C2=O)nc2ccc(C(F)(F)F)cn12. The average Bonchev–Trinajstić information content (AvgIpc) is 3.38. The highest BCUT2D eigenvalue weighted by molar-refractivity contribution is 7.91. The lowest BCUT2D eigenvalue weighted by atomic mass is 9.94. The number of halogens is 3. The fourth-order valence-corrected chi connectivity index (χ4v) is 5.29. The van der Waals surface area contributed by atoms with E-state index in [0.29, 0.717) is 30.2 Å². The lowest BCUT2D eigenvalue weighted by Gasteiger charge is -2.15. The summed E-state index contributed by atoms with van der Waals surface area (Å²) in [5, 5.41) is 9.01. The molecule has 0 spiro atoms. The monoisotopic (exact) mass is 474 g/mol. The van der Waals surface area contributed by atoms with Gasteiger partial charge in [0.1, 0.15) is 5.65 Å².